The first-order valence-electron chi connectivity index (χ1n) is 5.49. The van der Waals surface area contributed by atoms with Gasteiger partial charge in [0.15, 0.2) is 0 Å². The Morgan fingerprint density at radius 1 is 1.33 bits per heavy atom. The monoisotopic (exact) mass is 325 g/mol. The fourth-order valence-corrected chi connectivity index (χ4v) is 2.04. The summed E-state index contributed by atoms with van der Waals surface area (Å²) in [4.78, 5) is 0. The molecule has 0 aliphatic heterocycles. The molecular weight excluding hydrogens is 311 g/mol. The maximum absolute atomic E-state index is 12.1. The summed E-state index contributed by atoms with van der Waals surface area (Å²) in [5, 5.41) is 0. The zero-order valence-corrected chi connectivity index (χ0v) is 11.5. The molecule has 0 radical (unpaired) electrons. The maximum Gasteiger partial charge on any atom is 0.391 e. The molecule has 2 nitrogen and oxygen atoms in total. The molecule has 0 saturated heterocycles. The lowest BCUT2D eigenvalue weighted by Gasteiger charge is -2.23. The van der Waals surface area contributed by atoms with Gasteiger partial charge in [-0.1, -0.05) is 34.1 Å². The Morgan fingerprint density at radius 2 is 1.94 bits per heavy atom. The molecule has 1 aromatic rings. The third-order valence-electron chi connectivity index (χ3n) is 2.37. The predicted molar refractivity (Wildman–Crippen MR) is 67.2 cm³/mol. The highest BCUT2D eigenvalue weighted by atomic mass is 79.9. The summed E-state index contributed by atoms with van der Waals surface area (Å²) < 4.78 is 42.3. The van der Waals surface area contributed by atoms with Crippen LogP contribution in [0, 0.1) is 0 Å². The van der Waals surface area contributed by atoms with Crippen LogP contribution in [0.2, 0.25) is 0 Å². The fraction of sp³-hybridized carbons (Fsp3) is 0.500. The fourth-order valence-electron chi connectivity index (χ4n) is 1.53. The van der Waals surface area contributed by atoms with Crippen LogP contribution < -0.4 is 5.73 Å². The Hall–Kier alpha value is -0.590. The number of rotatable bonds is 5. The van der Waals surface area contributed by atoms with Gasteiger partial charge in [-0.15, -0.1) is 0 Å². The van der Waals surface area contributed by atoms with Gasteiger partial charge in [-0.3, -0.25) is 0 Å². The molecule has 0 saturated carbocycles. The molecule has 1 rings (SSSR count). The quantitative estimate of drug-likeness (QED) is 0.893. The standard InChI is InChI=1S/C12H15BrF3NO/c1-8(17)11(18-7-6-12(14,15)16)9-4-2-3-5-10(9)13/h2-5,8,11H,6-7,17H2,1H3. The third-order valence-corrected chi connectivity index (χ3v) is 3.09. The van der Waals surface area contributed by atoms with E-state index in [9.17, 15) is 13.2 Å². The van der Waals surface area contributed by atoms with Crippen molar-refractivity contribution in [3.63, 3.8) is 0 Å². The first-order valence-corrected chi connectivity index (χ1v) is 6.29. The minimum atomic E-state index is -4.21. The van der Waals surface area contributed by atoms with E-state index < -0.39 is 31.3 Å². The molecular formula is C12H15BrF3NO. The van der Waals surface area contributed by atoms with Crippen molar-refractivity contribution in [3.05, 3.63) is 34.3 Å². The number of halogens is 4. The Kier molecular flexibility index (Phi) is 5.62. The van der Waals surface area contributed by atoms with Crippen molar-refractivity contribution in [2.75, 3.05) is 6.61 Å². The topological polar surface area (TPSA) is 35.2 Å². The molecule has 2 unspecified atom stereocenters. The van der Waals surface area contributed by atoms with Crippen LogP contribution in [0.3, 0.4) is 0 Å². The van der Waals surface area contributed by atoms with E-state index in [4.69, 9.17) is 10.5 Å². The van der Waals surface area contributed by atoms with E-state index in [0.717, 1.165) is 10.0 Å². The van der Waals surface area contributed by atoms with Gasteiger partial charge in [0.2, 0.25) is 0 Å². The van der Waals surface area contributed by atoms with E-state index in [1.165, 1.54) is 0 Å². The van der Waals surface area contributed by atoms with E-state index in [-0.39, 0.29) is 0 Å². The Labute approximate surface area is 112 Å². The molecule has 0 amide bonds. The van der Waals surface area contributed by atoms with Gasteiger partial charge in [0.05, 0.1) is 19.1 Å². The number of hydrogen-bond acceptors (Lipinski definition) is 2. The summed E-state index contributed by atoms with van der Waals surface area (Å²) in [6.07, 6.45) is -5.74. The van der Waals surface area contributed by atoms with Crippen LogP contribution in [0.4, 0.5) is 13.2 Å². The van der Waals surface area contributed by atoms with Crippen molar-refractivity contribution in [2.24, 2.45) is 5.73 Å². The Bertz CT molecular complexity index is 382. The molecule has 6 heteroatoms. The van der Waals surface area contributed by atoms with E-state index in [1.807, 2.05) is 6.07 Å². The van der Waals surface area contributed by atoms with Crippen LogP contribution in [-0.4, -0.2) is 18.8 Å². The van der Waals surface area contributed by atoms with Crippen LogP contribution in [0.5, 0.6) is 0 Å². The number of ether oxygens (including phenoxy) is 1. The van der Waals surface area contributed by atoms with Gasteiger partial charge in [-0.2, -0.15) is 13.2 Å². The normalized spacial score (nSPS) is 15.4. The van der Waals surface area contributed by atoms with Crippen LogP contribution in [-0.2, 0) is 4.74 Å². The molecule has 0 heterocycles. The van der Waals surface area contributed by atoms with Gasteiger partial charge < -0.3 is 10.5 Å². The Balaban J connectivity index is 2.70. The summed E-state index contributed by atoms with van der Waals surface area (Å²) in [6, 6.07) is 6.81. The number of alkyl halides is 3. The van der Waals surface area contributed by atoms with Crippen LogP contribution in [0.1, 0.15) is 25.0 Å². The summed E-state index contributed by atoms with van der Waals surface area (Å²) >= 11 is 3.34. The summed E-state index contributed by atoms with van der Waals surface area (Å²) in [5.41, 5.74) is 6.52. The van der Waals surface area contributed by atoms with E-state index in [0.29, 0.717) is 0 Å². The number of hydrogen-bond donors (Lipinski definition) is 1. The molecule has 0 bridgehead atoms. The molecule has 0 aromatic heterocycles. The van der Waals surface area contributed by atoms with E-state index in [1.54, 1.807) is 25.1 Å². The second-order valence-corrected chi connectivity index (χ2v) is 4.89. The average Bonchev–Trinajstić information content (AvgIpc) is 2.24. The predicted octanol–water partition coefficient (Wildman–Crippen LogP) is 3.81. The van der Waals surface area contributed by atoms with Crippen molar-refractivity contribution < 1.29 is 17.9 Å². The lowest BCUT2D eigenvalue weighted by molar-refractivity contribution is -0.150. The zero-order chi connectivity index (χ0) is 13.8. The molecule has 0 spiro atoms. The lowest BCUT2D eigenvalue weighted by Crippen LogP contribution is -2.28. The Morgan fingerprint density at radius 3 is 2.44 bits per heavy atom. The van der Waals surface area contributed by atoms with Crippen molar-refractivity contribution >= 4 is 15.9 Å². The first-order chi connectivity index (χ1) is 8.31. The highest BCUT2D eigenvalue weighted by molar-refractivity contribution is 9.10. The van der Waals surface area contributed by atoms with Gasteiger partial charge in [0, 0.05) is 10.5 Å². The van der Waals surface area contributed by atoms with Crippen molar-refractivity contribution in [3.8, 4) is 0 Å². The van der Waals surface area contributed by atoms with Gasteiger partial charge in [0.25, 0.3) is 0 Å². The molecule has 0 fully saturated rings. The SMILES string of the molecule is CC(N)C(OCCC(F)(F)F)c1ccccc1Br. The third kappa shape index (κ3) is 4.96. The average molecular weight is 326 g/mol. The largest absolute Gasteiger partial charge is 0.391 e. The summed E-state index contributed by atoms with van der Waals surface area (Å²) in [6.45, 7) is 1.31. The van der Waals surface area contributed by atoms with Crippen LogP contribution in [0.25, 0.3) is 0 Å². The molecule has 2 N–H and O–H groups in total. The number of nitrogens with two attached hydrogens (primary N) is 1. The molecule has 102 valence electrons. The van der Waals surface area contributed by atoms with Crippen molar-refractivity contribution in [2.45, 2.75) is 31.7 Å². The van der Waals surface area contributed by atoms with Crippen molar-refractivity contribution in [1.29, 1.82) is 0 Å². The molecule has 18 heavy (non-hydrogen) atoms. The van der Waals surface area contributed by atoms with Gasteiger partial charge in [-0.05, 0) is 18.6 Å². The first kappa shape index (κ1) is 15.5. The summed E-state index contributed by atoms with van der Waals surface area (Å²) in [7, 11) is 0. The van der Waals surface area contributed by atoms with Gasteiger partial charge in [-0.25, -0.2) is 0 Å². The maximum atomic E-state index is 12.1. The van der Waals surface area contributed by atoms with Crippen molar-refractivity contribution in [1.82, 2.24) is 0 Å². The van der Waals surface area contributed by atoms with Gasteiger partial charge in [0.1, 0.15) is 0 Å². The second-order valence-electron chi connectivity index (χ2n) is 4.04. The number of benzene rings is 1. The highest BCUT2D eigenvalue weighted by Gasteiger charge is 2.28. The smallest absolute Gasteiger partial charge is 0.372 e. The second kappa shape index (κ2) is 6.54. The zero-order valence-electron chi connectivity index (χ0n) is 9.88. The molecule has 0 aliphatic carbocycles. The van der Waals surface area contributed by atoms with Crippen LogP contribution >= 0.6 is 15.9 Å². The summed E-state index contributed by atoms with van der Waals surface area (Å²) in [5.74, 6) is 0. The van der Waals surface area contributed by atoms with Gasteiger partial charge >= 0.3 is 6.18 Å². The lowest BCUT2D eigenvalue weighted by atomic mass is 10.0. The minimum Gasteiger partial charge on any atom is -0.372 e. The molecule has 2 atom stereocenters. The molecule has 0 aliphatic rings. The molecule has 1 aromatic carbocycles. The van der Waals surface area contributed by atoms with E-state index >= 15 is 0 Å². The van der Waals surface area contributed by atoms with E-state index in [2.05, 4.69) is 15.9 Å². The minimum absolute atomic E-state index is 0.392. The van der Waals surface area contributed by atoms with Crippen LogP contribution in [0.15, 0.2) is 28.7 Å². The highest BCUT2D eigenvalue weighted by Crippen LogP contribution is 2.29.